The van der Waals surface area contributed by atoms with E-state index in [0.29, 0.717) is 6.04 Å². The first kappa shape index (κ1) is 16.5. The van der Waals surface area contributed by atoms with Gasteiger partial charge < -0.3 is 15.3 Å². The SMILES string of the molecule is CC1CCCN(CCCNC(C)c2cccc(CO)c2)C1. The molecule has 2 unspecified atom stereocenters. The number of hydrogen-bond acceptors (Lipinski definition) is 3. The molecule has 2 N–H and O–H groups in total. The number of hydrogen-bond donors (Lipinski definition) is 2. The van der Waals surface area contributed by atoms with Crippen LogP contribution in [0.4, 0.5) is 0 Å². The summed E-state index contributed by atoms with van der Waals surface area (Å²) in [5.41, 5.74) is 2.25. The summed E-state index contributed by atoms with van der Waals surface area (Å²) in [5.74, 6) is 0.867. The molecule has 0 aliphatic carbocycles. The average molecular weight is 290 g/mol. The maximum atomic E-state index is 9.20. The van der Waals surface area contributed by atoms with Gasteiger partial charge in [0.25, 0.3) is 0 Å². The van der Waals surface area contributed by atoms with Crippen LogP contribution in [-0.4, -0.2) is 36.2 Å². The van der Waals surface area contributed by atoms with Gasteiger partial charge in [-0.2, -0.15) is 0 Å². The van der Waals surface area contributed by atoms with Gasteiger partial charge in [0.05, 0.1) is 6.61 Å². The Morgan fingerprint density at radius 2 is 2.29 bits per heavy atom. The molecule has 1 aromatic rings. The monoisotopic (exact) mass is 290 g/mol. The number of benzene rings is 1. The number of piperidine rings is 1. The number of rotatable bonds is 7. The Bertz CT molecular complexity index is 421. The quantitative estimate of drug-likeness (QED) is 0.758. The van der Waals surface area contributed by atoms with Crippen LogP contribution in [0, 0.1) is 5.92 Å². The number of nitrogens with one attached hydrogen (secondary N) is 1. The van der Waals surface area contributed by atoms with Gasteiger partial charge in [0.1, 0.15) is 0 Å². The lowest BCUT2D eigenvalue weighted by Crippen LogP contribution is -2.36. The van der Waals surface area contributed by atoms with E-state index in [9.17, 15) is 5.11 Å². The minimum Gasteiger partial charge on any atom is -0.392 e. The van der Waals surface area contributed by atoms with E-state index >= 15 is 0 Å². The molecule has 1 aliphatic rings. The number of aliphatic hydroxyl groups is 1. The Hall–Kier alpha value is -0.900. The molecule has 2 rings (SSSR count). The van der Waals surface area contributed by atoms with Crippen LogP contribution in [-0.2, 0) is 6.61 Å². The third-order valence-electron chi connectivity index (χ3n) is 4.48. The topological polar surface area (TPSA) is 35.5 Å². The summed E-state index contributed by atoms with van der Waals surface area (Å²) in [6.45, 7) is 9.48. The fourth-order valence-electron chi connectivity index (χ4n) is 3.19. The van der Waals surface area contributed by atoms with Crippen LogP contribution in [0.1, 0.15) is 50.3 Å². The first-order chi connectivity index (χ1) is 10.2. The Kier molecular flexibility index (Phi) is 6.68. The minimum absolute atomic E-state index is 0.119. The molecule has 0 radical (unpaired) electrons. The minimum atomic E-state index is 0.119. The van der Waals surface area contributed by atoms with Crippen LogP contribution >= 0.6 is 0 Å². The summed E-state index contributed by atoms with van der Waals surface area (Å²) in [6.07, 6.45) is 3.96. The van der Waals surface area contributed by atoms with Gasteiger partial charge in [-0.25, -0.2) is 0 Å². The van der Waals surface area contributed by atoms with Crippen molar-refractivity contribution in [2.75, 3.05) is 26.2 Å². The normalized spacial score (nSPS) is 21.4. The van der Waals surface area contributed by atoms with Crippen molar-refractivity contribution >= 4 is 0 Å². The van der Waals surface area contributed by atoms with E-state index in [0.717, 1.165) is 18.0 Å². The highest BCUT2D eigenvalue weighted by molar-refractivity contribution is 5.25. The molecule has 0 saturated carbocycles. The molecule has 0 aromatic heterocycles. The number of aliphatic hydroxyl groups excluding tert-OH is 1. The zero-order valence-corrected chi connectivity index (χ0v) is 13.5. The van der Waals surface area contributed by atoms with Crippen LogP contribution in [0.5, 0.6) is 0 Å². The fourth-order valence-corrected chi connectivity index (χ4v) is 3.19. The second kappa shape index (κ2) is 8.52. The molecular weight excluding hydrogens is 260 g/mol. The molecule has 118 valence electrons. The van der Waals surface area contributed by atoms with Crippen LogP contribution in [0.15, 0.2) is 24.3 Å². The maximum absolute atomic E-state index is 9.20. The van der Waals surface area contributed by atoms with Crippen molar-refractivity contribution in [2.24, 2.45) is 5.92 Å². The summed E-state index contributed by atoms with van der Waals surface area (Å²) in [4.78, 5) is 2.60. The molecule has 1 fully saturated rings. The number of likely N-dealkylation sites (tertiary alicyclic amines) is 1. The van der Waals surface area contributed by atoms with Gasteiger partial charge in [0.2, 0.25) is 0 Å². The van der Waals surface area contributed by atoms with E-state index in [1.54, 1.807) is 0 Å². The van der Waals surface area contributed by atoms with E-state index in [1.165, 1.54) is 44.5 Å². The summed E-state index contributed by atoms with van der Waals surface area (Å²) in [7, 11) is 0. The van der Waals surface area contributed by atoms with Crippen LogP contribution in [0.3, 0.4) is 0 Å². The van der Waals surface area contributed by atoms with Crippen molar-refractivity contribution < 1.29 is 5.11 Å². The van der Waals surface area contributed by atoms with Crippen LogP contribution in [0.25, 0.3) is 0 Å². The molecule has 0 amide bonds. The Balaban J connectivity index is 1.67. The summed E-state index contributed by atoms with van der Waals surface area (Å²) in [5, 5.41) is 12.8. The molecule has 1 aliphatic heterocycles. The van der Waals surface area contributed by atoms with Crippen molar-refractivity contribution in [1.29, 1.82) is 0 Å². The Morgan fingerprint density at radius 1 is 1.43 bits per heavy atom. The lowest BCUT2D eigenvalue weighted by Gasteiger charge is -2.30. The predicted octanol–water partition coefficient (Wildman–Crippen LogP) is 2.95. The zero-order valence-electron chi connectivity index (χ0n) is 13.5. The van der Waals surface area contributed by atoms with Gasteiger partial charge >= 0.3 is 0 Å². The van der Waals surface area contributed by atoms with Crippen molar-refractivity contribution in [3.8, 4) is 0 Å². The average Bonchev–Trinajstić information content (AvgIpc) is 2.51. The van der Waals surface area contributed by atoms with E-state index in [2.05, 4.69) is 36.2 Å². The van der Waals surface area contributed by atoms with Gasteiger partial charge in [-0.15, -0.1) is 0 Å². The van der Waals surface area contributed by atoms with Crippen LogP contribution in [0.2, 0.25) is 0 Å². The first-order valence-corrected chi connectivity index (χ1v) is 8.34. The van der Waals surface area contributed by atoms with Crippen molar-refractivity contribution in [3.63, 3.8) is 0 Å². The second-order valence-corrected chi connectivity index (χ2v) is 6.48. The smallest absolute Gasteiger partial charge is 0.0681 e. The van der Waals surface area contributed by atoms with Gasteiger partial charge in [0, 0.05) is 12.6 Å². The molecular formula is C18H30N2O. The molecule has 1 aromatic carbocycles. The van der Waals surface area contributed by atoms with E-state index < -0.39 is 0 Å². The molecule has 0 bridgehead atoms. The highest BCUT2D eigenvalue weighted by Crippen LogP contribution is 2.16. The highest BCUT2D eigenvalue weighted by atomic mass is 16.3. The predicted molar refractivity (Wildman–Crippen MR) is 88.2 cm³/mol. The summed E-state index contributed by atoms with van der Waals surface area (Å²) >= 11 is 0. The third-order valence-corrected chi connectivity index (χ3v) is 4.48. The van der Waals surface area contributed by atoms with Gasteiger partial charge in [-0.1, -0.05) is 31.2 Å². The first-order valence-electron chi connectivity index (χ1n) is 8.34. The molecule has 1 saturated heterocycles. The summed E-state index contributed by atoms with van der Waals surface area (Å²) < 4.78 is 0. The Labute approximate surface area is 129 Å². The van der Waals surface area contributed by atoms with Gasteiger partial charge in [-0.05, 0) is 62.9 Å². The van der Waals surface area contributed by atoms with Crippen molar-refractivity contribution in [1.82, 2.24) is 10.2 Å². The molecule has 0 spiro atoms. The lowest BCUT2D eigenvalue weighted by molar-refractivity contribution is 0.181. The van der Waals surface area contributed by atoms with Crippen molar-refractivity contribution in [2.45, 2.75) is 45.8 Å². The molecule has 3 nitrogen and oxygen atoms in total. The zero-order chi connectivity index (χ0) is 15.1. The Morgan fingerprint density at radius 3 is 3.05 bits per heavy atom. The number of nitrogens with zero attached hydrogens (tertiary/aromatic N) is 1. The van der Waals surface area contributed by atoms with Crippen molar-refractivity contribution in [3.05, 3.63) is 35.4 Å². The molecule has 2 atom stereocenters. The molecule has 1 heterocycles. The fraction of sp³-hybridized carbons (Fsp3) is 0.667. The lowest BCUT2D eigenvalue weighted by atomic mass is 10.0. The third kappa shape index (κ3) is 5.42. The van der Waals surface area contributed by atoms with Gasteiger partial charge in [0.15, 0.2) is 0 Å². The molecule has 3 heteroatoms. The summed E-state index contributed by atoms with van der Waals surface area (Å²) in [6, 6.07) is 8.55. The molecule has 21 heavy (non-hydrogen) atoms. The van der Waals surface area contributed by atoms with Gasteiger partial charge in [-0.3, -0.25) is 0 Å². The van der Waals surface area contributed by atoms with E-state index in [1.807, 2.05) is 12.1 Å². The van der Waals surface area contributed by atoms with E-state index in [4.69, 9.17) is 0 Å². The highest BCUT2D eigenvalue weighted by Gasteiger charge is 2.15. The van der Waals surface area contributed by atoms with E-state index in [-0.39, 0.29) is 6.61 Å². The maximum Gasteiger partial charge on any atom is 0.0681 e. The second-order valence-electron chi connectivity index (χ2n) is 6.48. The standard InChI is InChI=1S/C18H30N2O/c1-15-6-4-10-20(13-15)11-5-9-19-16(2)18-8-3-7-17(12-18)14-21/h3,7-8,12,15-16,19,21H,4-6,9-11,13-14H2,1-2H3. The van der Waals surface area contributed by atoms with Crippen LogP contribution < -0.4 is 5.32 Å². The largest absolute Gasteiger partial charge is 0.392 e.